The Bertz CT molecular complexity index is 643. The second-order valence-electron chi connectivity index (χ2n) is 5.14. The zero-order valence-corrected chi connectivity index (χ0v) is 13.6. The molecule has 0 aromatic heterocycles. The summed E-state index contributed by atoms with van der Waals surface area (Å²) in [4.78, 5) is 0. The second kappa shape index (κ2) is 8.57. The molecule has 0 atom stereocenters. The fraction of sp³-hybridized carbons (Fsp3) is 0.222. The van der Waals surface area contributed by atoms with Gasteiger partial charge in [-0.25, -0.2) is 0 Å². The third-order valence-electron chi connectivity index (χ3n) is 3.64. The topological polar surface area (TPSA) is 83.6 Å². The van der Waals surface area contributed by atoms with Crippen molar-refractivity contribution in [3.8, 4) is 11.5 Å². The molecule has 2 rings (SSSR count). The van der Waals surface area contributed by atoms with Crippen LogP contribution in [0.25, 0.3) is 0 Å². The van der Waals surface area contributed by atoms with E-state index >= 15 is 0 Å². The van der Waals surface area contributed by atoms with Gasteiger partial charge in [0.25, 0.3) is 0 Å². The van der Waals surface area contributed by atoms with Crippen LogP contribution < -0.4 is 9.47 Å². The molecular formula is C18H20N2O4. The number of hydrogen-bond acceptors (Lipinski definition) is 6. The van der Waals surface area contributed by atoms with Gasteiger partial charge in [-0.1, -0.05) is 34.6 Å². The van der Waals surface area contributed by atoms with Crippen LogP contribution in [0.2, 0.25) is 0 Å². The Balaban J connectivity index is 2.10. The molecule has 0 fully saturated rings. The minimum atomic E-state index is 0.304. The first-order valence-electron chi connectivity index (χ1n) is 7.38. The normalized spacial score (nSPS) is 12.1. The van der Waals surface area contributed by atoms with Crippen molar-refractivity contribution in [1.82, 2.24) is 0 Å². The minimum Gasteiger partial charge on any atom is -0.497 e. The molecule has 2 aromatic rings. The van der Waals surface area contributed by atoms with Crippen molar-refractivity contribution in [2.24, 2.45) is 10.3 Å². The van der Waals surface area contributed by atoms with Crippen LogP contribution in [-0.2, 0) is 12.8 Å². The maximum Gasteiger partial charge on any atom is 0.118 e. The average molecular weight is 328 g/mol. The second-order valence-corrected chi connectivity index (χ2v) is 5.14. The number of ether oxygens (including phenoxy) is 2. The van der Waals surface area contributed by atoms with Gasteiger partial charge in [0.15, 0.2) is 0 Å². The highest BCUT2D eigenvalue weighted by Crippen LogP contribution is 2.15. The van der Waals surface area contributed by atoms with Crippen molar-refractivity contribution in [3.63, 3.8) is 0 Å². The summed E-state index contributed by atoms with van der Waals surface area (Å²) >= 11 is 0. The molecule has 0 unspecified atom stereocenters. The van der Waals surface area contributed by atoms with Crippen LogP contribution in [-0.4, -0.2) is 36.1 Å². The monoisotopic (exact) mass is 328 g/mol. The predicted molar refractivity (Wildman–Crippen MR) is 91.8 cm³/mol. The molecule has 6 heteroatoms. The Morgan fingerprint density at radius 1 is 0.708 bits per heavy atom. The molecule has 0 bridgehead atoms. The fourth-order valence-corrected chi connectivity index (χ4v) is 2.26. The largest absolute Gasteiger partial charge is 0.497 e. The molecule has 0 aliphatic heterocycles. The van der Waals surface area contributed by atoms with E-state index in [0.29, 0.717) is 24.3 Å². The number of nitrogens with zero attached hydrogens (tertiary/aromatic N) is 2. The van der Waals surface area contributed by atoms with Crippen LogP contribution >= 0.6 is 0 Å². The average Bonchev–Trinajstić information content (AvgIpc) is 2.65. The highest BCUT2D eigenvalue weighted by molar-refractivity contribution is 6.42. The number of methoxy groups -OCH3 is 2. The molecule has 126 valence electrons. The molecule has 2 N–H and O–H groups in total. The SMILES string of the molecule is COc1ccc(CC(=N/O)/C(Cc2ccc(OC)cc2)=N\O)cc1. The molecule has 0 aliphatic carbocycles. The van der Waals surface area contributed by atoms with E-state index in [4.69, 9.17) is 9.47 Å². The standard InChI is InChI=1S/C18H20N2O4/c1-23-15-7-3-13(4-8-15)11-17(19-21)18(20-22)12-14-5-9-16(24-2)10-6-14/h3-10,21-22H,11-12H2,1-2H3/b19-17-,20-18-. The Kier molecular flexibility index (Phi) is 6.19. The third-order valence-corrected chi connectivity index (χ3v) is 3.64. The van der Waals surface area contributed by atoms with Gasteiger partial charge >= 0.3 is 0 Å². The van der Waals surface area contributed by atoms with E-state index in [0.717, 1.165) is 22.6 Å². The predicted octanol–water partition coefficient (Wildman–Crippen LogP) is 3.15. The van der Waals surface area contributed by atoms with E-state index < -0.39 is 0 Å². The van der Waals surface area contributed by atoms with Crippen molar-refractivity contribution < 1.29 is 19.9 Å². The Morgan fingerprint density at radius 3 is 1.29 bits per heavy atom. The van der Waals surface area contributed by atoms with Crippen LogP contribution in [0.1, 0.15) is 11.1 Å². The molecule has 0 amide bonds. The van der Waals surface area contributed by atoms with E-state index in [1.807, 2.05) is 48.5 Å². The van der Waals surface area contributed by atoms with Gasteiger partial charge in [0.1, 0.15) is 22.9 Å². The smallest absolute Gasteiger partial charge is 0.118 e. The quantitative estimate of drug-likeness (QED) is 0.464. The van der Waals surface area contributed by atoms with E-state index in [2.05, 4.69) is 10.3 Å². The summed E-state index contributed by atoms with van der Waals surface area (Å²) < 4.78 is 10.2. The number of rotatable bonds is 7. The van der Waals surface area contributed by atoms with Crippen molar-refractivity contribution in [2.75, 3.05) is 14.2 Å². The lowest BCUT2D eigenvalue weighted by molar-refractivity contribution is 0.313. The maximum absolute atomic E-state index is 9.30. The van der Waals surface area contributed by atoms with Crippen LogP contribution in [0.5, 0.6) is 11.5 Å². The molecule has 0 radical (unpaired) electrons. The maximum atomic E-state index is 9.30. The third kappa shape index (κ3) is 4.49. The van der Waals surface area contributed by atoms with Gasteiger partial charge < -0.3 is 19.9 Å². The lowest BCUT2D eigenvalue weighted by atomic mass is 10.00. The minimum absolute atomic E-state index is 0.304. The lowest BCUT2D eigenvalue weighted by Crippen LogP contribution is -2.20. The summed E-state index contributed by atoms with van der Waals surface area (Å²) in [5.41, 5.74) is 2.44. The van der Waals surface area contributed by atoms with Crippen LogP contribution in [0, 0.1) is 0 Å². The van der Waals surface area contributed by atoms with E-state index in [1.165, 1.54) is 0 Å². The van der Waals surface area contributed by atoms with Gasteiger partial charge in [0.05, 0.1) is 14.2 Å². The zero-order chi connectivity index (χ0) is 17.4. The Morgan fingerprint density at radius 2 is 1.04 bits per heavy atom. The molecule has 2 aromatic carbocycles. The first-order valence-corrected chi connectivity index (χ1v) is 7.38. The van der Waals surface area contributed by atoms with Gasteiger partial charge in [-0.3, -0.25) is 0 Å². The first kappa shape index (κ1) is 17.3. The molecule has 0 heterocycles. The number of oxime groups is 2. The fourth-order valence-electron chi connectivity index (χ4n) is 2.26. The first-order chi connectivity index (χ1) is 11.7. The van der Waals surface area contributed by atoms with Crippen molar-refractivity contribution >= 4 is 11.4 Å². The van der Waals surface area contributed by atoms with Gasteiger partial charge in [-0.05, 0) is 35.4 Å². The molecule has 0 saturated heterocycles. The van der Waals surface area contributed by atoms with Crippen molar-refractivity contribution in [3.05, 3.63) is 59.7 Å². The molecule has 0 saturated carbocycles. The van der Waals surface area contributed by atoms with Gasteiger partial charge in [-0.15, -0.1) is 0 Å². The van der Waals surface area contributed by atoms with E-state index in [1.54, 1.807) is 14.2 Å². The Hall–Kier alpha value is -3.02. The number of hydrogen-bond donors (Lipinski definition) is 2. The molecular weight excluding hydrogens is 308 g/mol. The van der Waals surface area contributed by atoms with Crippen LogP contribution in [0.3, 0.4) is 0 Å². The van der Waals surface area contributed by atoms with Crippen LogP contribution in [0.15, 0.2) is 58.8 Å². The van der Waals surface area contributed by atoms with Crippen molar-refractivity contribution in [1.29, 1.82) is 0 Å². The summed E-state index contributed by atoms with van der Waals surface area (Å²) in [6.45, 7) is 0. The highest BCUT2D eigenvalue weighted by atomic mass is 16.5. The summed E-state index contributed by atoms with van der Waals surface area (Å²) in [7, 11) is 3.20. The molecule has 0 spiro atoms. The van der Waals surface area contributed by atoms with Crippen molar-refractivity contribution in [2.45, 2.75) is 12.8 Å². The van der Waals surface area contributed by atoms with Gasteiger partial charge in [-0.2, -0.15) is 0 Å². The van der Waals surface area contributed by atoms with Gasteiger partial charge in [0.2, 0.25) is 0 Å². The Labute approximate surface area is 140 Å². The number of benzene rings is 2. The molecule has 0 aliphatic rings. The summed E-state index contributed by atoms with van der Waals surface area (Å²) in [6.07, 6.45) is 0.687. The summed E-state index contributed by atoms with van der Waals surface area (Å²) in [5, 5.41) is 25.2. The summed E-state index contributed by atoms with van der Waals surface area (Å²) in [5.74, 6) is 1.49. The van der Waals surface area contributed by atoms with Crippen LogP contribution in [0.4, 0.5) is 0 Å². The molecule has 6 nitrogen and oxygen atoms in total. The summed E-state index contributed by atoms with van der Waals surface area (Å²) in [6, 6.07) is 14.8. The van der Waals surface area contributed by atoms with E-state index in [-0.39, 0.29) is 0 Å². The van der Waals surface area contributed by atoms with Gasteiger partial charge in [0, 0.05) is 12.8 Å². The highest BCUT2D eigenvalue weighted by Gasteiger charge is 2.13. The lowest BCUT2D eigenvalue weighted by Gasteiger charge is -2.09. The zero-order valence-electron chi connectivity index (χ0n) is 13.6. The molecule has 24 heavy (non-hydrogen) atoms. The van der Waals surface area contributed by atoms with E-state index in [9.17, 15) is 10.4 Å².